The topological polar surface area (TPSA) is 15.0 Å². The van der Waals surface area contributed by atoms with Crippen molar-refractivity contribution in [3.8, 4) is 0 Å². The fourth-order valence-corrected chi connectivity index (χ4v) is 1.25. The molecule has 0 saturated carbocycles. The molecule has 9 heavy (non-hydrogen) atoms. The van der Waals surface area contributed by atoms with Gasteiger partial charge in [0.25, 0.3) is 0 Å². The van der Waals surface area contributed by atoms with E-state index in [4.69, 9.17) is 0 Å². The number of hydrogen-bond acceptors (Lipinski definition) is 2. The summed E-state index contributed by atoms with van der Waals surface area (Å²) in [5.74, 6) is 0. The number of nitrogens with one attached hydrogen (secondary N) is 1. The van der Waals surface area contributed by atoms with E-state index >= 15 is 0 Å². The van der Waals surface area contributed by atoms with Gasteiger partial charge in [0.15, 0.2) is 0 Å². The molecule has 1 aliphatic heterocycles. The summed E-state index contributed by atoms with van der Waals surface area (Å²) in [7, 11) is 2.01. The Hall–Kier alpha value is -0.0800. The van der Waals surface area contributed by atoms with Crippen molar-refractivity contribution in [2.45, 2.75) is 25.9 Å². The Labute approximate surface area is 57.2 Å². The minimum Gasteiger partial charge on any atom is -0.318 e. The van der Waals surface area contributed by atoms with Crippen LogP contribution in [0.1, 0.15) is 13.8 Å². The Morgan fingerprint density at radius 2 is 2.33 bits per heavy atom. The first-order valence-electron chi connectivity index (χ1n) is 3.66. The highest BCUT2D eigenvalue weighted by molar-refractivity contribution is 4.92. The van der Waals surface area contributed by atoms with E-state index in [2.05, 4.69) is 24.1 Å². The van der Waals surface area contributed by atoms with Gasteiger partial charge in [-0.1, -0.05) is 0 Å². The first-order chi connectivity index (χ1) is 4.25. The summed E-state index contributed by atoms with van der Waals surface area (Å²) in [6.07, 6.45) is 0. The highest BCUT2D eigenvalue weighted by atomic mass is 15.3. The van der Waals surface area contributed by atoms with Crippen molar-refractivity contribution >= 4 is 0 Å². The summed E-state index contributed by atoms with van der Waals surface area (Å²) in [6.45, 7) is 6.93. The van der Waals surface area contributed by atoms with Crippen LogP contribution < -0.4 is 5.32 Å². The van der Waals surface area contributed by atoms with Gasteiger partial charge in [-0.15, -0.1) is 0 Å². The SMILES string of the molecule is CNCC1CN1C(C)C. The number of nitrogens with zero attached hydrogens (tertiary/aromatic N) is 1. The average molecular weight is 128 g/mol. The van der Waals surface area contributed by atoms with Crippen LogP contribution in [0.3, 0.4) is 0 Å². The van der Waals surface area contributed by atoms with Gasteiger partial charge in [-0.2, -0.15) is 0 Å². The molecule has 1 rings (SSSR count). The molecule has 2 atom stereocenters. The van der Waals surface area contributed by atoms with E-state index in [1.807, 2.05) is 7.05 Å². The highest BCUT2D eigenvalue weighted by Crippen LogP contribution is 2.19. The maximum absolute atomic E-state index is 3.17. The Morgan fingerprint density at radius 3 is 2.67 bits per heavy atom. The van der Waals surface area contributed by atoms with Crippen molar-refractivity contribution in [2.24, 2.45) is 0 Å². The van der Waals surface area contributed by atoms with E-state index in [1.54, 1.807) is 0 Å². The lowest BCUT2D eigenvalue weighted by Crippen LogP contribution is -2.20. The summed E-state index contributed by atoms with van der Waals surface area (Å²) >= 11 is 0. The molecule has 1 fully saturated rings. The molecule has 0 aromatic heterocycles. The third kappa shape index (κ3) is 1.66. The molecule has 0 aliphatic carbocycles. The Morgan fingerprint density at radius 1 is 1.67 bits per heavy atom. The molecule has 1 saturated heterocycles. The lowest BCUT2D eigenvalue weighted by atomic mass is 10.4. The van der Waals surface area contributed by atoms with Crippen molar-refractivity contribution < 1.29 is 0 Å². The molecule has 0 aromatic carbocycles. The molecular formula is C7H16N2. The molecule has 1 heterocycles. The monoisotopic (exact) mass is 128 g/mol. The van der Waals surface area contributed by atoms with Crippen LogP contribution in [0.4, 0.5) is 0 Å². The van der Waals surface area contributed by atoms with Gasteiger partial charge in [0.05, 0.1) is 0 Å². The Bertz CT molecular complexity index is 90.9. The summed E-state index contributed by atoms with van der Waals surface area (Å²) in [4.78, 5) is 2.48. The van der Waals surface area contributed by atoms with Crippen molar-refractivity contribution in [2.75, 3.05) is 20.1 Å². The minimum atomic E-state index is 0.739. The van der Waals surface area contributed by atoms with Crippen molar-refractivity contribution in [1.82, 2.24) is 10.2 Å². The maximum atomic E-state index is 3.17. The zero-order chi connectivity index (χ0) is 6.85. The maximum Gasteiger partial charge on any atom is 0.0351 e. The van der Waals surface area contributed by atoms with Crippen LogP contribution in [-0.2, 0) is 0 Å². The van der Waals surface area contributed by atoms with Gasteiger partial charge in [-0.3, -0.25) is 4.90 Å². The predicted molar refractivity (Wildman–Crippen MR) is 39.6 cm³/mol. The van der Waals surface area contributed by atoms with E-state index in [0.29, 0.717) is 0 Å². The molecular weight excluding hydrogens is 112 g/mol. The molecule has 0 bridgehead atoms. The van der Waals surface area contributed by atoms with Gasteiger partial charge in [0.1, 0.15) is 0 Å². The molecule has 0 amide bonds. The Kier molecular flexibility index (Phi) is 2.09. The molecule has 1 N–H and O–H groups in total. The molecule has 54 valence electrons. The molecule has 2 heteroatoms. The summed E-state index contributed by atoms with van der Waals surface area (Å²) < 4.78 is 0. The van der Waals surface area contributed by atoms with Gasteiger partial charge in [0, 0.05) is 25.2 Å². The van der Waals surface area contributed by atoms with E-state index in [-0.39, 0.29) is 0 Å². The van der Waals surface area contributed by atoms with Crippen LogP contribution in [0.2, 0.25) is 0 Å². The van der Waals surface area contributed by atoms with Gasteiger partial charge in [-0.05, 0) is 20.9 Å². The quantitative estimate of drug-likeness (QED) is 0.550. The predicted octanol–water partition coefficient (Wildman–Crippen LogP) is 0.298. The van der Waals surface area contributed by atoms with Crippen LogP contribution in [0.25, 0.3) is 0 Å². The lowest BCUT2D eigenvalue weighted by Gasteiger charge is -2.05. The van der Waals surface area contributed by atoms with Gasteiger partial charge in [-0.25, -0.2) is 0 Å². The second kappa shape index (κ2) is 2.67. The van der Waals surface area contributed by atoms with Crippen LogP contribution in [0.5, 0.6) is 0 Å². The fraction of sp³-hybridized carbons (Fsp3) is 1.00. The lowest BCUT2D eigenvalue weighted by molar-refractivity contribution is 0.416. The smallest absolute Gasteiger partial charge is 0.0351 e. The summed E-state index contributed by atoms with van der Waals surface area (Å²) in [6, 6.07) is 1.57. The normalized spacial score (nSPS) is 33.3. The van der Waals surface area contributed by atoms with E-state index in [0.717, 1.165) is 18.6 Å². The first kappa shape index (κ1) is 7.03. The first-order valence-corrected chi connectivity index (χ1v) is 3.66. The van der Waals surface area contributed by atoms with E-state index in [1.165, 1.54) is 6.54 Å². The third-order valence-corrected chi connectivity index (χ3v) is 1.86. The van der Waals surface area contributed by atoms with Gasteiger partial charge >= 0.3 is 0 Å². The number of likely N-dealkylation sites (N-methyl/N-ethyl adjacent to an activating group) is 1. The van der Waals surface area contributed by atoms with E-state index in [9.17, 15) is 0 Å². The summed E-state index contributed by atoms with van der Waals surface area (Å²) in [5, 5.41) is 3.17. The van der Waals surface area contributed by atoms with Crippen LogP contribution in [0, 0.1) is 0 Å². The van der Waals surface area contributed by atoms with E-state index < -0.39 is 0 Å². The zero-order valence-corrected chi connectivity index (χ0v) is 6.52. The van der Waals surface area contributed by atoms with Crippen LogP contribution in [-0.4, -0.2) is 37.1 Å². The number of rotatable bonds is 3. The van der Waals surface area contributed by atoms with Crippen molar-refractivity contribution in [3.05, 3.63) is 0 Å². The Balaban J connectivity index is 2.09. The molecule has 0 radical (unpaired) electrons. The fourth-order valence-electron chi connectivity index (χ4n) is 1.25. The minimum absolute atomic E-state index is 0.739. The molecule has 0 aromatic rings. The average Bonchev–Trinajstić information content (AvgIpc) is 2.47. The second-order valence-corrected chi connectivity index (χ2v) is 3.00. The summed E-state index contributed by atoms with van der Waals surface area (Å²) in [5.41, 5.74) is 0. The second-order valence-electron chi connectivity index (χ2n) is 3.00. The highest BCUT2D eigenvalue weighted by Gasteiger charge is 2.34. The third-order valence-electron chi connectivity index (χ3n) is 1.86. The molecule has 2 nitrogen and oxygen atoms in total. The molecule has 1 aliphatic rings. The zero-order valence-electron chi connectivity index (χ0n) is 6.52. The van der Waals surface area contributed by atoms with Gasteiger partial charge < -0.3 is 5.32 Å². The largest absolute Gasteiger partial charge is 0.318 e. The molecule has 2 unspecified atom stereocenters. The van der Waals surface area contributed by atoms with Crippen LogP contribution in [0.15, 0.2) is 0 Å². The number of hydrogen-bond donors (Lipinski definition) is 1. The van der Waals surface area contributed by atoms with Gasteiger partial charge in [0.2, 0.25) is 0 Å². The van der Waals surface area contributed by atoms with Crippen LogP contribution >= 0.6 is 0 Å². The van der Waals surface area contributed by atoms with Crippen molar-refractivity contribution in [3.63, 3.8) is 0 Å². The molecule has 0 spiro atoms. The van der Waals surface area contributed by atoms with Crippen molar-refractivity contribution in [1.29, 1.82) is 0 Å². The standard InChI is InChI=1S/C7H16N2/c1-6(2)9-5-7(9)4-8-3/h6-8H,4-5H2,1-3H3.